The van der Waals surface area contributed by atoms with Gasteiger partial charge in [-0.05, 0) is 30.7 Å². The van der Waals surface area contributed by atoms with Gasteiger partial charge in [0, 0.05) is 18.5 Å². The van der Waals surface area contributed by atoms with Crippen molar-refractivity contribution in [2.45, 2.75) is 49.7 Å². The highest BCUT2D eigenvalue weighted by atomic mass is 16.6. The molecule has 1 amide bonds. The lowest BCUT2D eigenvalue weighted by atomic mass is 9.63. The second-order valence-electron chi connectivity index (χ2n) is 7.58. The van der Waals surface area contributed by atoms with Crippen molar-refractivity contribution in [1.82, 2.24) is 0 Å². The molecule has 130 valence electrons. The molecule has 1 spiro atoms. The number of carbonyl (C=O) groups excluding carboxylic acids is 1. The number of aliphatic hydroxyl groups excluding tert-OH is 1. The van der Waals surface area contributed by atoms with Crippen molar-refractivity contribution in [2.24, 2.45) is 11.8 Å². The van der Waals surface area contributed by atoms with Crippen molar-refractivity contribution in [2.75, 3.05) is 11.5 Å². The number of benzene rings is 1. The number of amides is 1. The average molecular weight is 340 g/mol. The molecule has 1 aromatic carbocycles. The van der Waals surface area contributed by atoms with Crippen molar-refractivity contribution in [3.63, 3.8) is 0 Å². The van der Waals surface area contributed by atoms with Crippen LogP contribution in [0.2, 0.25) is 0 Å². The van der Waals surface area contributed by atoms with Crippen LogP contribution in [0.5, 0.6) is 0 Å². The van der Waals surface area contributed by atoms with Gasteiger partial charge in [0.25, 0.3) is 0 Å². The van der Waals surface area contributed by atoms with Crippen molar-refractivity contribution < 1.29 is 19.4 Å². The van der Waals surface area contributed by atoms with Crippen LogP contribution in [0.3, 0.4) is 0 Å². The highest BCUT2D eigenvalue weighted by molar-refractivity contribution is 6.00. The van der Waals surface area contributed by atoms with Gasteiger partial charge >= 0.3 is 0 Å². The molecule has 4 aliphatic heterocycles. The molecule has 0 saturated carbocycles. The molecule has 6 atom stereocenters. The summed E-state index contributed by atoms with van der Waals surface area (Å²) in [4.78, 5) is 15.1. The number of aliphatic hydroxyl groups is 1. The number of anilines is 1. The maximum atomic E-state index is 13.4. The van der Waals surface area contributed by atoms with Gasteiger partial charge in [0.15, 0.2) is 0 Å². The van der Waals surface area contributed by atoms with Crippen LogP contribution in [0, 0.1) is 23.2 Å². The SMILES string of the molecule is CCC12CC(O)C3(CCOC4[C@H]3[C@H]1C(=O)N4c1ccc(C#N)cc1)O2. The highest BCUT2D eigenvalue weighted by Crippen LogP contribution is 2.66. The third-order valence-electron chi connectivity index (χ3n) is 6.71. The third-order valence-corrected chi connectivity index (χ3v) is 6.71. The molecular weight excluding hydrogens is 320 g/mol. The minimum atomic E-state index is -0.666. The monoisotopic (exact) mass is 340 g/mol. The summed E-state index contributed by atoms with van der Waals surface area (Å²) >= 11 is 0. The number of ether oxygens (including phenoxy) is 2. The van der Waals surface area contributed by atoms with Crippen LogP contribution in [0.15, 0.2) is 24.3 Å². The first kappa shape index (κ1) is 15.3. The lowest BCUT2D eigenvalue weighted by molar-refractivity contribution is -0.165. The quantitative estimate of drug-likeness (QED) is 0.883. The topological polar surface area (TPSA) is 82.8 Å². The van der Waals surface area contributed by atoms with E-state index < -0.39 is 23.5 Å². The summed E-state index contributed by atoms with van der Waals surface area (Å²) in [6.45, 7) is 2.49. The van der Waals surface area contributed by atoms with E-state index in [0.29, 0.717) is 31.4 Å². The fraction of sp³-hybridized carbons (Fsp3) is 0.579. The Morgan fingerprint density at radius 1 is 1.40 bits per heavy atom. The zero-order chi connectivity index (χ0) is 17.4. The number of hydrogen-bond donors (Lipinski definition) is 1. The van der Waals surface area contributed by atoms with Crippen LogP contribution in [0.25, 0.3) is 0 Å². The van der Waals surface area contributed by atoms with Gasteiger partial charge in [-0.1, -0.05) is 6.92 Å². The first-order valence-electron chi connectivity index (χ1n) is 8.89. The number of carbonyl (C=O) groups is 1. The Labute approximate surface area is 145 Å². The Bertz CT molecular complexity index is 788. The summed E-state index contributed by atoms with van der Waals surface area (Å²) < 4.78 is 12.4. The molecule has 0 aliphatic carbocycles. The van der Waals surface area contributed by atoms with Crippen molar-refractivity contribution in [3.05, 3.63) is 29.8 Å². The maximum absolute atomic E-state index is 13.4. The van der Waals surface area contributed by atoms with E-state index >= 15 is 0 Å². The molecule has 4 unspecified atom stereocenters. The predicted octanol–water partition coefficient (Wildman–Crippen LogP) is 1.57. The van der Waals surface area contributed by atoms with Gasteiger partial charge in [-0.2, -0.15) is 5.26 Å². The van der Waals surface area contributed by atoms with Crippen LogP contribution < -0.4 is 4.90 Å². The Morgan fingerprint density at radius 2 is 2.16 bits per heavy atom. The van der Waals surface area contributed by atoms with E-state index in [9.17, 15) is 9.90 Å². The Balaban J connectivity index is 1.61. The lowest BCUT2D eigenvalue weighted by Gasteiger charge is -2.43. The summed E-state index contributed by atoms with van der Waals surface area (Å²) in [6, 6.07) is 9.11. The van der Waals surface area contributed by atoms with E-state index in [1.54, 1.807) is 29.2 Å². The molecular formula is C19H20N2O4. The summed E-state index contributed by atoms with van der Waals surface area (Å²) in [5.74, 6) is -0.410. The molecule has 5 rings (SSSR count). The summed E-state index contributed by atoms with van der Waals surface area (Å²) in [5, 5.41) is 19.7. The van der Waals surface area contributed by atoms with Gasteiger partial charge in [-0.15, -0.1) is 0 Å². The van der Waals surface area contributed by atoms with Gasteiger partial charge in [0.05, 0.1) is 41.8 Å². The third kappa shape index (κ3) is 1.66. The smallest absolute Gasteiger partial charge is 0.235 e. The van der Waals surface area contributed by atoms with Crippen LogP contribution in [0.1, 0.15) is 31.7 Å². The molecule has 4 aliphatic rings. The molecule has 0 aromatic heterocycles. The van der Waals surface area contributed by atoms with Crippen molar-refractivity contribution in [3.8, 4) is 6.07 Å². The zero-order valence-electron chi connectivity index (χ0n) is 14.0. The standard InChI is InChI=1S/C19H20N2O4/c1-2-18-9-13(22)19(25-18)7-8-24-17-15(19)14(18)16(23)21(17)12-5-3-11(10-20)4-6-12/h3-6,13-15,17,22H,2,7-9H2,1H3/t13?,14-,15+,17?,18?,19?/m0/s1. The minimum Gasteiger partial charge on any atom is -0.390 e. The van der Waals surface area contributed by atoms with E-state index in [2.05, 4.69) is 6.07 Å². The highest BCUT2D eigenvalue weighted by Gasteiger charge is 2.78. The Morgan fingerprint density at radius 3 is 2.84 bits per heavy atom. The number of nitrogens with zero attached hydrogens (tertiary/aromatic N) is 2. The maximum Gasteiger partial charge on any atom is 0.235 e. The zero-order valence-corrected chi connectivity index (χ0v) is 14.0. The van der Waals surface area contributed by atoms with Crippen LogP contribution >= 0.6 is 0 Å². The van der Waals surface area contributed by atoms with E-state index in [1.165, 1.54) is 0 Å². The van der Waals surface area contributed by atoms with Crippen LogP contribution in [0.4, 0.5) is 5.69 Å². The minimum absolute atomic E-state index is 0.0113. The van der Waals surface area contributed by atoms with E-state index in [0.717, 1.165) is 5.69 Å². The van der Waals surface area contributed by atoms with Crippen molar-refractivity contribution in [1.29, 1.82) is 5.26 Å². The van der Waals surface area contributed by atoms with E-state index in [4.69, 9.17) is 14.7 Å². The summed E-state index contributed by atoms with van der Waals surface area (Å²) in [5.41, 5.74) is 0.0378. The molecule has 6 heteroatoms. The number of rotatable bonds is 2. The van der Waals surface area contributed by atoms with Gasteiger partial charge in [0.1, 0.15) is 11.8 Å². The fourth-order valence-electron chi connectivity index (χ4n) is 5.61. The lowest BCUT2D eigenvalue weighted by Crippen LogP contribution is -2.57. The molecule has 4 heterocycles. The fourth-order valence-corrected chi connectivity index (χ4v) is 5.61. The first-order chi connectivity index (χ1) is 12.1. The molecule has 1 aromatic rings. The van der Waals surface area contributed by atoms with Gasteiger partial charge in [-0.3, -0.25) is 9.69 Å². The van der Waals surface area contributed by atoms with Crippen molar-refractivity contribution >= 4 is 11.6 Å². The van der Waals surface area contributed by atoms with Gasteiger partial charge in [-0.25, -0.2) is 0 Å². The number of hydrogen-bond acceptors (Lipinski definition) is 5. The molecule has 0 radical (unpaired) electrons. The summed E-state index contributed by atoms with van der Waals surface area (Å²) in [7, 11) is 0. The predicted molar refractivity (Wildman–Crippen MR) is 87.4 cm³/mol. The number of fused-ring (bicyclic) bond motifs is 2. The molecule has 6 nitrogen and oxygen atoms in total. The van der Waals surface area contributed by atoms with E-state index in [1.807, 2.05) is 6.92 Å². The van der Waals surface area contributed by atoms with E-state index in [-0.39, 0.29) is 17.7 Å². The summed E-state index contributed by atoms with van der Waals surface area (Å²) in [6.07, 6.45) is 0.885. The molecule has 4 saturated heterocycles. The van der Waals surface area contributed by atoms with Gasteiger partial charge < -0.3 is 14.6 Å². The Kier molecular flexibility index (Phi) is 2.95. The average Bonchev–Trinajstić information content (AvgIpc) is 3.21. The molecule has 1 N–H and O–H groups in total. The molecule has 4 fully saturated rings. The van der Waals surface area contributed by atoms with Crippen LogP contribution in [-0.4, -0.2) is 41.2 Å². The Hall–Kier alpha value is -1.94. The first-order valence-corrected chi connectivity index (χ1v) is 8.89. The normalized spacial score (nSPS) is 44.0. The van der Waals surface area contributed by atoms with Crippen LogP contribution in [-0.2, 0) is 14.3 Å². The molecule has 2 bridgehead atoms. The number of nitriles is 1. The van der Waals surface area contributed by atoms with Gasteiger partial charge in [0.2, 0.25) is 5.91 Å². The molecule has 25 heavy (non-hydrogen) atoms. The second kappa shape index (κ2) is 4.82. The second-order valence-corrected chi connectivity index (χ2v) is 7.58. The largest absolute Gasteiger partial charge is 0.390 e.